The Labute approximate surface area is 92.1 Å². The minimum absolute atomic E-state index is 0.279. The van der Waals surface area contributed by atoms with Gasteiger partial charge in [-0.1, -0.05) is 6.07 Å². The maximum Gasteiger partial charge on any atom is 0.275 e. The van der Waals surface area contributed by atoms with Gasteiger partial charge in [0.1, 0.15) is 17.3 Å². The number of hydrogen-bond acceptors (Lipinski definition) is 4. The predicted octanol–water partition coefficient (Wildman–Crippen LogP) is 0.650. The van der Waals surface area contributed by atoms with E-state index in [1.807, 2.05) is 0 Å². The normalized spacial score (nSPS) is 10.1. The zero-order valence-corrected chi connectivity index (χ0v) is 8.71. The van der Waals surface area contributed by atoms with Crippen LogP contribution in [0, 0.1) is 0 Å². The standard InChI is InChI=1S/C10H11N5O/c1-15-9(5-6-12-15)14-10(16)7-3-2-4-8(11)13-7/h2-6H,1H3,(H2,11,13)(H,14,16). The number of nitrogens with zero attached hydrogens (tertiary/aromatic N) is 3. The Morgan fingerprint density at radius 2 is 2.25 bits per heavy atom. The highest BCUT2D eigenvalue weighted by Crippen LogP contribution is 2.07. The van der Waals surface area contributed by atoms with Crippen molar-refractivity contribution in [2.24, 2.45) is 7.05 Å². The molecule has 0 aliphatic carbocycles. The Morgan fingerprint density at radius 3 is 2.88 bits per heavy atom. The zero-order chi connectivity index (χ0) is 11.5. The van der Waals surface area contributed by atoms with Crippen LogP contribution in [-0.4, -0.2) is 20.7 Å². The molecule has 0 radical (unpaired) electrons. The largest absolute Gasteiger partial charge is 0.384 e. The quantitative estimate of drug-likeness (QED) is 0.773. The molecule has 3 N–H and O–H groups in total. The molecule has 0 atom stereocenters. The summed E-state index contributed by atoms with van der Waals surface area (Å²) in [6.07, 6.45) is 1.60. The lowest BCUT2D eigenvalue weighted by Crippen LogP contribution is -2.16. The number of aryl methyl sites for hydroxylation is 1. The van der Waals surface area contributed by atoms with Gasteiger partial charge in [-0.2, -0.15) is 5.10 Å². The van der Waals surface area contributed by atoms with Gasteiger partial charge >= 0.3 is 0 Å². The van der Waals surface area contributed by atoms with E-state index in [2.05, 4.69) is 15.4 Å². The highest BCUT2D eigenvalue weighted by molar-refractivity contribution is 6.02. The van der Waals surface area contributed by atoms with Crippen molar-refractivity contribution in [1.82, 2.24) is 14.8 Å². The lowest BCUT2D eigenvalue weighted by atomic mass is 10.3. The van der Waals surface area contributed by atoms with Crippen molar-refractivity contribution in [2.75, 3.05) is 11.1 Å². The van der Waals surface area contributed by atoms with E-state index in [1.165, 1.54) is 0 Å². The Kier molecular flexibility index (Phi) is 2.55. The second-order valence-corrected chi connectivity index (χ2v) is 3.24. The van der Waals surface area contributed by atoms with Crippen LogP contribution in [0.2, 0.25) is 0 Å². The number of nitrogens with two attached hydrogens (primary N) is 1. The molecule has 0 aliphatic heterocycles. The summed E-state index contributed by atoms with van der Waals surface area (Å²) in [6.45, 7) is 0. The van der Waals surface area contributed by atoms with E-state index >= 15 is 0 Å². The fourth-order valence-corrected chi connectivity index (χ4v) is 1.25. The summed E-state index contributed by atoms with van der Waals surface area (Å²) in [5.41, 5.74) is 5.77. The molecule has 16 heavy (non-hydrogen) atoms. The van der Waals surface area contributed by atoms with Crippen LogP contribution >= 0.6 is 0 Å². The van der Waals surface area contributed by atoms with Gasteiger partial charge in [0.15, 0.2) is 0 Å². The third kappa shape index (κ3) is 2.00. The first-order valence-electron chi connectivity index (χ1n) is 4.69. The fraction of sp³-hybridized carbons (Fsp3) is 0.100. The number of anilines is 2. The Morgan fingerprint density at radius 1 is 1.44 bits per heavy atom. The summed E-state index contributed by atoms with van der Waals surface area (Å²) in [6, 6.07) is 6.60. The molecule has 2 aromatic heterocycles. The van der Waals surface area contributed by atoms with Gasteiger partial charge in [-0.25, -0.2) is 4.98 Å². The molecule has 0 aliphatic rings. The van der Waals surface area contributed by atoms with E-state index in [0.717, 1.165) is 0 Å². The van der Waals surface area contributed by atoms with Crippen molar-refractivity contribution in [3.05, 3.63) is 36.2 Å². The molecule has 0 unspecified atom stereocenters. The molecule has 0 spiro atoms. The number of hydrogen-bond donors (Lipinski definition) is 2. The smallest absolute Gasteiger partial charge is 0.275 e. The number of rotatable bonds is 2. The SMILES string of the molecule is Cn1nccc1NC(=O)c1cccc(N)n1. The predicted molar refractivity (Wildman–Crippen MR) is 59.8 cm³/mol. The van der Waals surface area contributed by atoms with Crippen LogP contribution in [0.15, 0.2) is 30.5 Å². The molecule has 0 bridgehead atoms. The highest BCUT2D eigenvalue weighted by atomic mass is 16.2. The van der Waals surface area contributed by atoms with Crippen LogP contribution in [0.25, 0.3) is 0 Å². The summed E-state index contributed by atoms with van der Waals surface area (Å²) in [7, 11) is 1.74. The third-order valence-electron chi connectivity index (χ3n) is 2.07. The molecular formula is C10H11N5O. The lowest BCUT2D eigenvalue weighted by Gasteiger charge is -2.04. The van der Waals surface area contributed by atoms with Crippen molar-refractivity contribution >= 4 is 17.5 Å². The molecule has 0 saturated heterocycles. The van der Waals surface area contributed by atoms with Gasteiger partial charge in [-0.05, 0) is 12.1 Å². The molecule has 1 amide bonds. The van der Waals surface area contributed by atoms with Gasteiger partial charge < -0.3 is 11.1 Å². The number of amides is 1. The van der Waals surface area contributed by atoms with Gasteiger partial charge in [0.05, 0.1) is 6.20 Å². The average Bonchev–Trinajstić information content (AvgIpc) is 2.64. The minimum Gasteiger partial charge on any atom is -0.384 e. The monoisotopic (exact) mass is 217 g/mol. The Hall–Kier alpha value is -2.37. The number of nitrogen functional groups attached to an aromatic ring is 1. The first-order valence-corrected chi connectivity index (χ1v) is 4.69. The van der Waals surface area contributed by atoms with Crippen molar-refractivity contribution in [2.45, 2.75) is 0 Å². The van der Waals surface area contributed by atoms with Crippen LogP contribution in [0.5, 0.6) is 0 Å². The molecule has 0 aromatic carbocycles. The van der Waals surface area contributed by atoms with Crippen molar-refractivity contribution in [3.63, 3.8) is 0 Å². The maximum absolute atomic E-state index is 11.7. The van der Waals surface area contributed by atoms with E-state index < -0.39 is 0 Å². The summed E-state index contributed by atoms with van der Waals surface area (Å²) in [5, 5.41) is 6.61. The first-order chi connectivity index (χ1) is 7.66. The second-order valence-electron chi connectivity index (χ2n) is 3.24. The van der Waals surface area contributed by atoms with Gasteiger partial charge in [0.2, 0.25) is 0 Å². The number of carbonyl (C=O) groups is 1. The molecule has 0 fully saturated rings. The van der Waals surface area contributed by atoms with Crippen molar-refractivity contribution < 1.29 is 4.79 Å². The Balaban J connectivity index is 2.18. The third-order valence-corrected chi connectivity index (χ3v) is 2.07. The van der Waals surface area contributed by atoms with E-state index in [0.29, 0.717) is 11.6 Å². The number of pyridine rings is 1. The number of nitrogens with one attached hydrogen (secondary N) is 1. The molecule has 82 valence electrons. The van der Waals surface area contributed by atoms with Crippen LogP contribution in [0.1, 0.15) is 10.5 Å². The topological polar surface area (TPSA) is 85.8 Å². The number of carbonyl (C=O) groups excluding carboxylic acids is 1. The average molecular weight is 217 g/mol. The van der Waals surface area contributed by atoms with E-state index in [1.54, 1.807) is 42.2 Å². The molecule has 6 nitrogen and oxygen atoms in total. The first kappa shape index (κ1) is 10.2. The van der Waals surface area contributed by atoms with Crippen LogP contribution < -0.4 is 11.1 Å². The molecule has 2 aromatic rings. The zero-order valence-electron chi connectivity index (χ0n) is 8.71. The van der Waals surface area contributed by atoms with Gasteiger partial charge in [0.25, 0.3) is 5.91 Å². The van der Waals surface area contributed by atoms with Gasteiger partial charge in [-0.3, -0.25) is 9.48 Å². The summed E-state index contributed by atoms with van der Waals surface area (Å²) >= 11 is 0. The van der Waals surface area contributed by atoms with Crippen LogP contribution in [-0.2, 0) is 7.05 Å². The van der Waals surface area contributed by atoms with Crippen LogP contribution in [0.3, 0.4) is 0 Å². The van der Waals surface area contributed by atoms with Crippen molar-refractivity contribution in [3.8, 4) is 0 Å². The van der Waals surface area contributed by atoms with E-state index in [9.17, 15) is 4.79 Å². The van der Waals surface area contributed by atoms with Gasteiger partial charge in [-0.15, -0.1) is 0 Å². The molecule has 6 heteroatoms. The molecule has 2 rings (SSSR count). The highest BCUT2D eigenvalue weighted by Gasteiger charge is 2.09. The minimum atomic E-state index is -0.309. The fourth-order valence-electron chi connectivity index (χ4n) is 1.25. The second kappa shape index (κ2) is 4.01. The van der Waals surface area contributed by atoms with E-state index in [4.69, 9.17) is 5.73 Å². The van der Waals surface area contributed by atoms with Crippen molar-refractivity contribution in [1.29, 1.82) is 0 Å². The maximum atomic E-state index is 11.7. The summed E-state index contributed by atoms with van der Waals surface area (Å²) in [5.74, 6) is 0.614. The van der Waals surface area contributed by atoms with E-state index in [-0.39, 0.29) is 11.6 Å². The Bertz CT molecular complexity index is 519. The summed E-state index contributed by atoms with van der Waals surface area (Å²) in [4.78, 5) is 15.7. The molecule has 0 saturated carbocycles. The lowest BCUT2D eigenvalue weighted by molar-refractivity contribution is 0.102. The molecular weight excluding hydrogens is 206 g/mol. The molecule has 2 heterocycles. The van der Waals surface area contributed by atoms with Crippen LogP contribution in [0.4, 0.5) is 11.6 Å². The summed E-state index contributed by atoms with van der Waals surface area (Å²) < 4.78 is 1.56. The number of aromatic nitrogens is 3. The van der Waals surface area contributed by atoms with Gasteiger partial charge in [0, 0.05) is 13.1 Å².